The van der Waals surface area contributed by atoms with Crippen LogP contribution < -0.4 is 14.8 Å². The predicted octanol–water partition coefficient (Wildman–Crippen LogP) is 3.28. The fraction of sp³-hybridized carbons (Fsp3) is 0.370. The van der Waals surface area contributed by atoms with Gasteiger partial charge in [0.05, 0.1) is 16.3 Å². The molecule has 0 bridgehead atoms. The second-order valence-electron chi connectivity index (χ2n) is 9.65. The molecule has 1 saturated carbocycles. The number of thiophene rings is 1. The molecule has 2 aromatic heterocycles. The van der Waals surface area contributed by atoms with E-state index in [9.17, 15) is 18.0 Å². The van der Waals surface area contributed by atoms with Crippen LogP contribution in [-0.4, -0.2) is 86.9 Å². The van der Waals surface area contributed by atoms with Gasteiger partial charge in [-0.15, -0.1) is 23.7 Å². The van der Waals surface area contributed by atoms with Gasteiger partial charge in [-0.2, -0.15) is 4.72 Å². The number of methoxy groups -OCH3 is 1. The Balaban J connectivity index is 0.00000387. The van der Waals surface area contributed by atoms with E-state index in [0.29, 0.717) is 33.9 Å². The molecule has 1 atom stereocenters. The standard InChI is InChI=1S/C27H30ClN5O5S2.ClH/c1-38-25-20(18-9-11-29-12-10-18)3-2-4-23(25)40(36,37)31-21(17-30-26(34)22-7-8-24(28)39-22)27(35)33-15-13-32(14-16-33)19-5-6-19;/h2-4,7-12,19,21,31H,5-6,13-17H2,1H3,(H,30,34);1H/t21-;/m0./s1. The first kappa shape index (κ1) is 31.2. The first-order chi connectivity index (χ1) is 19.3. The van der Waals surface area contributed by atoms with Crippen molar-refractivity contribution in [2.24, 2.45) is 0 Å². The van der Waals surface area contributed by atoms with Gasteiger partial charge in [0, 0.05) is 56.7 Å². The number of para-hydroxylation sites is 1. The van der Waals surface area contributed by atoms with Crippen molar-refractivity contribution < 1.29 is 22.7 Å². The lowest BCUT2D eigenvalue weighted by Crippen LogP contribution is -2.57. The van der Waals surface area contributed by atoms with Gasteiger partial charge in [-0.05, 0) is 48.7 Å². The Bertz CT molecular complexity index is 1480. The summed E-state index contributed by atoms with van der Waals surface area (Å²) in [5.74, 6) is -0.694. The average Bonchev–Trinajstić information content (AvgIpc) is 3.74. The fourth-order valence-corrected chi connectivity index (χ4v) is 7.15. The number of halogens is 2. The van der Waals surface area contributed by atoms with Crippen molar-refractivity contribution in [2.75, 3.05) is 39.8 Å². The van der Waals surface area contributed by atoms with Crippen molar-refractivity contribution in [3.8, 4) is 16.9 Å². The number of nitrogens with zero attached hydrogens (tertiary/aromatic N) is 3. The summed E-state index contributed by atoms with van der Waals surface area (Å²) in [5.41, 5.74) is 1.29. The van der Waals surface area contributed by atoms with Crippen LogP contribution in [-0.2, 0) is 14.8 Å². The van der Waals surface area contributed by atoms with E-state index in [2.05, 4.69) is 19.9 Å². The summed E-state index contributed by atoms with van der Waals surface area (Å²) in [7, 11) is -2.86. The van der Waals surface area contributed by atoms with Crippen LogP contribution in [0.2, 0.25) is 4.34 Å². The number of piperazine rings is 1. The topological polar surface area (TPSA) is 121 Å². The van der Waals surface area contributed by atoms with Gasteiger partial charge in [0.25, 0.3) is 5.91 Å². The largest absolute Gasteiger partial charge is 0.495 e. The molecule has 1 saturated heterocycles. The van der Waals surface area contributed by atoms with Crippen LogP contribution >= 0.6 is 35.3 Å². The minimum atomic E-state index is -4.26. The highest BCUT2D eigenvalue weighted by atomic mass is 35.5. The number of amides is 2. The Morgan fingerprint density at radius 2 is 1.80 bits per heavy atom. The summed E-state index contributed by atoms with van der Waals surface area (Å²) in [6.07, 6.45) is 5.57. The third kappa shape index (κ3) is 7.37. The lowest BCUT2D eigenvalue weighted by atomic mass is 10.1. The van der Waals surface area contributed by atoms with E-state index < -0.39 is 27.9 Å². The highest BCUT2D eigenvalue weighted by molar-refractivity contribution is 7.89. The van der Waals surface area contributed by atoms with Crippen LogP contribution in [0.15, 0.2) is 59.8 Å². The Morgan fingerprint density at radius 1 is 1.10 bits per heavy atom. The molecule has 0 radical (unpaired) electrons. The summed E-state index contributed by atoms with van der Waals surface area (Å²) in [4.78, 5) is 34.7. The number of benzene rings is 1. The average molecular weight is 641 g/mol. The van der Waals surface area contributed by atoms with Crippen molar-refractivity contribution in [1.29, 1.82) is 0 Å². The van der Waals surface area contributed by atoms with Gasteiger partial charge >= 0.3 is 0 Å². The summed E-state index contributed by atoms with van der Waals surface area (Å²) >= 11 is 7.07. The molecule has 3 aromatic rings. The van der Waals surface area contributed by atoms with Crippen LogP contribution in [0.25, 0.3) is 11.1 Å². The minimum absolute atomic E-state index is 0. The SMILES string of the molecule is COc1c(-c2ccncc2)cccc1S(=O)(=O)N[C@@H](CNC(=O)c1ccc(Cl)s1)C(=O)N1CCN(C2CC2)CC1.Cl. The summed E-state index contributed by atoms with van der Waals surface area (Å²) in [5, 5.41) is 2.70. The van der Waals surface area contributed by atoms with Gasteiger partial charge in [-0.25, -0.2) is 8.42 Å². The lowest BCUT2D eigenvalue weighted by molar-refractivity contribution is -0.134. The number of carbonyl (C=O) groups is 2. The fourth-order valence-electron chi connectivity index (χ4n) is 4.81. The van der Waals surface area contributed by atoms with E-state index in [0.717, 1.165) is 30.0 Å². The number of hydrogen-bond acceptors (Lipinski definition) is 8. The van der Waals surface area contributed by atoms with Gasteiger partial charge < -0.3 is 15.0 Å². The van der Waals surface area contributed by atoms with Gasteiger partial charge in [-0.3, -0.25) is 19.5 Å². The van der Waals surface area contributed by atoms with Crippen LogP contribution in [0, 0.1) is 0 Å². The number of rotatable bonds is 10. The zero-order chi connectivity index (χ0) is 28.3. The molecule has 41 heavy (non-hydrogen) atoms. The zero-order valence-corrected chi connectivity index (χ0v) is 25.5. The maximum absolute atomic E-state index is 13.8. The molecule has 220 valence electrons. The van der Waals surface area contributed by atoms with Crippen molar-refractivity contribution in [1.82, 2.24) is 24.8 Å². The number of nitrogens with one attached hydrogen (secondary N) is 2. The van der Waals surface area contributed by atoms with Crippen LogP contribution in [0.3, 0.4) is 0 Å². The van der Waals surface area contributed by atoms with Crippen molar-refractivity contribution in [2.45, 2.75) is 29.8 Å². The van der Waals surface area contributed by atoms with E-state index in [1.165, 1.54) is 26.0 Å². The normalized spacial score (nSPS) is 16.5. The first-order valence-corrected chi connectivity index (χ1v) is 15.6. The number of aromatic nitrogens is 1. The molecule has 2 amide bonds. The highest BCUT2D eigenvalue weighted by Gasteiger charge is 2.36. The molecular weight excluding hydrogens is 609 g/mol. The van der Waals surface area contributed by atoms with Crippen LogP contribution in [0.4, 0.5) is 0 Å². The molecule has 5 rings (SSSR count). The number of ether oxygens (including phenoxy) is 1. The molecule has 2 aliphatic rings. The number of pyridine rings is 1. The van der Waals surface area contributed by atoms with Gasteiger partial charge in [0.15, 0.2) is 0 Å². The van der Waals surface area contributed by atoms with Crippen LogP contribution in [0.5, 0.6) is 5.75 Å². The molecule has 1 aliphatic heterocycles. The molecule has 2 fully saturated rings. The molecule has 0 unspecified atom stereocenters. The maximum Gasteiger partial charge on any atom is 0.261 e. The van der Waals surface area contributed by atoms with Crippen molar-refractivity contribution in [3.63, 3.8) is 0 Å². The maximum atomic E-state index is 13.8. The van der Waals surface area contributed by atoms with Crippen molar-refractivity contribution >= 4 is 57.2 Å². The molecule has 3 heterocycles. The monoisotopic (exact) mass is 639 g/mol. The first-order valence-electron chi connectivity index (χ1n) is 12.9. The zero-order valence-electron chi connectivity index (χ0n) is 22.3. The van der Waals surface area contributed by atoms with E-state index >= 15 is 0 Å². The second kappa shape index (κ2) is 13.5. The second-order valence-corrected chi connectivity index (χ2v) is 13.1. The lowest BCUT2D eigenvalue weighted by Gasteiger charge is -2.36. The molecule has 14 heteroatoms. The Kier molecular flexibility index (Phi) is 10.3. The van der Waals surface area contributed by atoms with Crippen LogP contribution in [0.1, 0.15) is 22.5 Å². The van der Waals surface area contributed by atoms with Gasteiger partial charge in [-0.1, -0.05) is 23.7 Å². The minimum Gasteiger partial charge on any atom is -0.495 e. The quantitative estimate of drug-likeness (QED) is 0.349. The molecule has 0 spiro atoms. The highest BCUT2D eigenvalue weighted by Crippen LogP contribution is 2.35. The van der Waals surface area contributed by atoms with E-state index in [-0.39, 0.29) is 29.6 Å². The molecule has 10 nitrogen and oxygen atoms in total. The van der Waals surface area contributed by atoms with E-state index in [4.69, 9.17) is 16.3 Å². The summed E-state index contributed by atoms with van der Waals surface area (Å²) in [6, 6.07) is 10.8. The summed E-state index contributed by atoms with van der Waals surface area (Å²) in [6.45, 7) is 2.21. The van der Waals surface area contributed by atoms with Crippen molar-refractivity contribution in [3.05, 3.63) is 64.1 Å². The molecule has 1 aliphatic carbocycles. The molecule has 1 aromatic carbocycles. The van der Waals surface area contributed by atoms with Gasteiger partial charge in [0.1, 0.15) is 16.7 Å². The van der Waals surface area contributed by atoms with E-state index in [1.54, 1.807) is 53.7 Å². The predicted molar refractivity (Wildman–Crippen MR) is 160 cm³/mol. The Morgan fingerprint density at radius 3 is 2.41 bits per heavy atom. The third-order valence-corrected chi connectivity index (χ3v) is 9.74. The number of carbonyl (C=O) groups excluding carboxylic acids is 2. The Hall–Kier alpha value is -2.74. The third-order valence-electron chi connectivity index (χ3n) is 7.01. The summed E-state index contributed by atoms with van der Waals surface area (Å²) < 4.78 is 36.1. The smallest absolute Gasteiger partial charge is 0.261 e. The van der Waals surface area contributed by atoms with Gasteiger partial charge in [0.2, 0.25) is 15.9 Å². The molecular formula is C27H31Cl2N5O5S2. The number of sulfonamides is 1. The Labute approximate surface area is 254 Å². The van der Waals surface area contributed by atoms with E-state index in [1.807, 2.05) is 0 Å². The number of hydrogen-bond donors (Lipinski definition) is 2. The molecule has 2 N–H and O–H groups in total.